The zero-order chi connectivity index (χ0) is 25.3. The third-order valence-corrected chi connectivity index (χ3v) is 9.90. The Morgan fingerprint density at radius 3 is 2.47 bits per heavy atom. The van der Waals surface area contributed by atoms with Crippen LogP contribution in [0.2, 0.25) is 0 Å². The van der Waals surface area contributed by atoms with E-state index < -0.39 is 57.8 Å². The van der Waals surface area contributed by atoms with Crippen molar-refractivity contribution in [3.63, 3.8) is 0 Å². The summed E-state index contributed by atoms with van der Waals surface area (Å²) < 4.78 is 10.3. The number of aliphatic hydroxyl groups excluding tert-OH is 1. The Bertz CT molecular complexity index is 1020. The maximum absolute atomic E-state index is 13.3. The topological polar surface area (TPSA) is 127 Å². The number of hydrogen-bond donors (Lipinski definition) is 2. The summed E-state index contributed by atoms with van der Waals surface area (Å²) in [5, 5.41) is 23.5. The molecule has 3 saturated carbocycles. The van der Waals surface area contributed by atoms with Gasteiger partial charge in [0, 0.05) is 24.7 Å². The fourth-order valence-corrected chi connectivity index (χ4v) is 7.83. The summed E-state index contributed by atoms with van der Waals surface area (Å²) in [4.78, 5) is 47.4. The van der Waals surface area contributed by atoms with Gasteiger partial charge in [-0.3, -0.25) is 19.2 Å². The van der Waals surface area contributed by atoms with E-state index in [9.17, 15) is 29.4 Å². The van der Waals surface area contributed by atoms with Crippen molar-refractivity contribution in [2.24, 2.45) is 22.7 Å². The molecule has 0 aromatic carbocycles. The van der Waals surface area contributed by atoms with Crippen LogP contribution in [0.4, 0.5) is 0 Å². The lowest BCUT2D eigenvalue weighted by molar-refractivity contribution is -0.195. The average molecular weight is 495 g/mol. The van der Waals surface area contributed by atoms with Gasteiger partial charge in [0.2, 0.25) is 5.78 Å². The third-order valence-electron chi connectivity index (χ3n) is 8.98. The first-order chi connectivity index (χ1) is 15.7. The molecule has 0 amide bonds. The average Bonchev–Trinajstić information content (AvgIpc) is 2.95. The molecule has 8 atom stereocenters. The van der Waals surface area contributed by atoms with E-state index in [1.54, 1.807) is 19.1 Å². The highest BCUT2D eigenvalue weighted by Gasteiger charge is 2.76. The Balaban J connectivity index is 1.80. The van der Waals surface area contributed by atoms with Gasteiger partial charge in [0.1, 0.15) is 6.10 Å². The highest BCUT2D eigenvalue weighted by Crippen LogP contribution is 2.70. The number of carbonyl (C=O) groups is 4. The second kappa shape index (κ2) is 8.00. The number of halogens is 1. The second-order valence-corrected chi connectivity index (χ2v) is 11.2. The molecule has 0 heterocycles. The maximum atomic E-state index is 13.3. The normalized spacial score (nSPS) is 44.9. The summed E-state index contributed by atoms with van der Waals surface area (Å²) in [6.45, 7) is 5.30. The van der Waals surface area contributed by atoms with Gasteiger partial charge in [0.25, 0.3) is 0 Å². The molecule has 0 aromatic rings. The molecular formula is C25H31ClO8. The van der Waals surface area contributed by atoms with Gasteiger partial charge in [-0.1, -0.05) is 25.5 Å². The van der Waals surface area contributed by atoms with Crippen molar-refractivity contribution in [1.29, 1.82) is 0 Å². The molecule has 2 N–H and O–H groups in total. The Hall–Kier alpha value is -2.03. The summed E-state index contributed by atoms with van der Waals surface area (Å²) in [6.07, 6.45) is 3.71. The van der Waals surface area contributed by atoms with Crippen LogP contribution in [-0.4, -0.2) is 63.0 Å². The van der Waals surface area contributed by atoms with Crippen molar-refractivity contribution in [1.82, 2.24) is 0 Å². The van der Waals surface area contributed by atoms with Crippen LogP contribution in [0.15, 0.2) is 23.8 Å². The molecule has 0 bridgehead atoms. The number of hydrogen-bond acceptors (Lipinski definition) is 8. The molecular weight excluding hydrogens is 464 g/mol. The van der Waals surface area contributed by atoms with Crippen LogP contribution in [0, 0.1) is 22.7 Å². The van der Waals surface area contributed by atoms with Gasteiger partial charge in [-0.2, -0.15) is 0 Å². The van der Waals surface area contributed by atoms with Gasteiger partial charge < -0.3 is 19.7 Å². The number of ether oxygens (including phenoxy) is 2. The molecule has 4 aliphatic carbocycles. The highest BCUT2D eigenvalue weighted by molar-refractivity contribution is 6.26. The number of fused-ring (bicyclic) bond motifs is 5. The lowest BCUT2D eigenvalue weighted by atomic mass is 9.45. The third kappa shape index (κ3) is 3.18. The molecule has 9 heteroatoms. The quantitative estimate of drug-likeness (QED) is 0.449. The number of ketones is 2. The number of esters is 2. The fourth-order valence-electron chi connectivity index (χ4n) is 7.31. The van der Waals surface area contributed by atoms with E-state index in [-0.39, 0.29) is 30.5 Å². The lowest BCUT2D eigenvalue weighted by Gasteiger charge is -2.63. The molecule has 0 aromatic heterocycles. The van der Waals surface area contributed by atoms with E-state index in [0.717, 1.165) is 12.5 Å². The van der Waals surface area contributed by atoms with Crippen molar-refractivity contribution in [2.45, 2.75) is 76.1 Å². The highest BCUT2D eigenvalue weighted by atomic mass is 35.5. The fraction of sp³-hybridized carbons (Fsp3) is 0.680. The van der Waals surface area contributed by atoms with Crippen molar-refractivity contribution >= 4 is 35.1 Å². The van der Waals surface area contributed by atoms with Gasteiger partial charge in [-0.15, -0.1) is 11.6 Å². The lowest BCUT2D eigenvalue weighted by Crippen LogP contribution is -2.69. The first kappa shape index (κ1) is 25.1. The van der Waals surface area contributed by atoms with Gasteiger partial charge in [0.05, 0.1) is 11.0 Å². The molecule has 4 rings (SSSR count). The molecule has 0 radical (unpaired) electrons. The van der Waals surface area contributed by atoms with Crippen LogP contribution in [0.5, 0.6) is 0 Å². The smallest absolute Gasteiger partial charge is 0.303 e. The predicted molar refractivity (Wildman–Crippen MR) is 121 cm³/mol. The van der Waals surface area contributed by atoms with Crippen LogP contribution in [-0.2, 0) is 28.7 Å². The number of aliphatic hydroxyl groups is 2. The minimum absolute atomic E-state index is 0.0393. The Labute approximate surface area is 203 Å². The molecule has 0 saturated heterocycles. The summed E-state index contributed by atoms with van der Waals surface area (Å²) in [7, 11) is 0. The van der Waals surface area contributed by atoms with E-state index in [0.29, 0.717) is 12.8 Å². The van der Waals surface area contributed by atoms with E-state index >= 15 is 0 Å². The molecule has 0 aliphatic heterocycles. The Morgan fingerprint density at radius 1 is 1.18 bits per heavy atom. The standard InChI is InChI=1S/C25H31ClO8/c1-13(27)33-12-20(31)25(32)21(34-14(2)28)10-18-17-6-5-15-9-16(29)7-8-22(15,3)24(17,26)19(30)11-23(18,25)4/h7-9,17-19,21,30,32H,5-6,10-12H2,1-4H3/t17?,18-,19-,21+,22?,23?,24-,25+/m0/s1. The number of carbonyl (C=O) groups excluding carboxylic acids is 4. The number of Topliss-reactive ketones (excluding diaryl/α,β-unsaturated/α-hetero) is 1. The van der Waals surface area contributed by atoms with Crippen LogP contribution >= 0.6 is 11.6 Å². The molecule has 4 aliphatic rings. The number of rotatable bonds is 4. The SMILES string of the molecule is CC(=O)OCC(=O)[C@@]1(O)[C@H](OC(C)=O)C[C@H]2C3CCC4=CC(=O)C=CC4(C)[C@@]3(Cl)[C@@H](O)CC21C. The maximum Gasteiger partial charge on any atom is 0.303 e. The Morgan fingerprint density at radius 2 is 1.85 bits per heavy atom. The first-order valence-corrected chi connectivity index (χ1v) is 12.0. The van der Waals surface area contributed by atoms with Crippen molar-refractivity contribution in [3.05, 3.63) is 23.8 Å². The molecule has 3 unspecified atom stereocenters. The monoisotopic (exact) mass is 494 g/mol. The van der Waals surface area contributed by atoms with Crippen molar-refractivity contribution < 1.29 is 38.9 Å². The van der Waals surface area contributed by atoms with E-state index in [4.69, 9.17) is 21.1 Å². The minimum atomic E-state index is -2.17. The first-order valence-electron chi connectivity index (χ1n) is 11.6. The van der Waals surface area contributed by atoms with Gasteiger partial charge >= 0.3 is 11.9 Å². The van der Waals surface area contributed by atoms with E-state index in [2.05, 4.69) is 0 Å². The van der Waals surface area contributed by atoms with Gasteiger partial charge in [-0.05, 0) is 49.7 Å². The molecule has 3 fully saturated rings. The molecule has 0 spiro atoms. The van der Waals surface area contributed by atoms with E-state index in [1.165, 1.54) is 13.0 Å². The Kier molecular flexibility index (Phi) is 5.90. The van der Waals surface area contributed by atoms with Gasteiger partial charge in [-0.25, -0.2) is 0 Å². The number of allylic oxidation sites excluding steroid dienone is 4. The largest absolute Gasteiger partial charge is 0.459 e. The van der Waals surface area contributed by atoms with Gasteiger partial charge in [0.15, 0.2) is 18.0 Å². The number of alkyl halides is 1. The van der Waals surface area contributed by atoms with Crippen LogP contribution < -0.4 is 0 Å². The summed E-state index contributed by atoms with van der Waals surface area (Å²) >= 11 is 7.35. The predicted octanol–water partition coefficient (Wildman–Crippen LogP) is 2.03. The van der Waals surface area contributed by atoms with Crippen LogP contribution in [0.1, 0.15) is 53.4 Å². The van der Waals surface area contributed by atoms with E-state index in [1.807, 2.05) is 6.92 Å². The van der Waals surface area contributed by atoms with Crippen molar-refractivity contribution in [2.75, 3.05) is 6.61 Å². The summed E-state index contributed by atoms with van der Waals surface area (Å²) in [6, 6.07) is 0. The molecule has 8 nitrogen and oxygen atoms in total. The zero-order valence-electron chi connectivity index (χ0n) is 19.8. The van der Waals surface area contributed by atoms with Crippen molar-refractivity contribution in [3.8, 4) is 0 Å². The zero-order valence-corrected chi connectivity index (χ0v) is 20.6. The van der Waals surface area contributed by atoms with Crippen LogP contribution in [0.25, 0.3) is 0 Å². The minimum Gasteiger partial charge on any atom is -0.459 e. The second-order valence-electron chi connectivity index (χ2n) is 10.6. The molecule has 34 heavy (non-hydrogen) atoms. The van der Waals surface area contributed by atoms with Crippen LogP contribution in [0.3, 0.4) is 0 Å². The summed E-state index contributed by atoms with van der Waals surface area (Å²) in [5.74, 6) is -2.97. The molecule has 186 valence electrons. The summed E-state index contributed by atoms with van der Waals surface area (Å²) in [5.41, 5.74) is -3.32.